The van der Waals surface area contributed by atoms with Crippen molar-refractivity contribution in [2.45, 2.75) is 4.90 Å². The van der Waals surface area contributed by atoms with Gasteiger partial charge in [-0.05, 0) is 36.6 Å². The zero-order valence-electron chi connectivity index (χ0n) is 12.0. The zero-order chi connectivity index (χ0) is 15.8. The SMILES string of the molecule is CSc1cccc(NC(=O)OCCOc2ccccc2Cl)c1. The van der Waals surface area contributed by atoms with E-state index in [0.29, 0.717) is 16.5 Å². The van der Waals surface area contributed by atoms with Crippen LogP contribution in [0.15, 0.2) is 53.4 Å². The average molecular weight is 338 g/mol. The lowest BCUT2D eigenvalue weighted by molar-refractivity contribution is 0.138. The summed E-state index contributed by atoms with van der Waals surface area (Å²) in [5.41, 5.74) is 0.698. The van der Waals surface area contributed by atoms with Crippen molar-refractivity contribution < 1.29 is 14.3 Å². The number of anilines is 1. The Morgan fingerprint density at radius 3 is 2.77 bits per heavy atom. The van der Waals surface area contributed by atoms with E-state index >= 15 is 0 Å². The molecule has 0 aliphatic rings. The standard InChI is InChI=1S/C16H16ClNO3S/c1-22-13-6-4-5-12(11-13)18-16(19)21-10-9-20-15-8-3-2-7-14(15)17/h2-8,11H,9-10H2,1H3,(H,18,19). The minimum absolute atomic E-state index is 0.138. The monoisotopic (exact) mass is 337 g/mol. The van der Waals surface area contributed by atoms with Crippen LogP contribution in [-0.2, 0) is 4.74 Å². The van der Waals surface area contributed by atoms with Crippen molar-refractivity contribution in [3.05, 3.63) is 53.6 Å². The van der Waals surface area contributed by atoms with Crippen molar-refractivity contribution in [2.75, 3.05) is 24.8 Å². The van der Waals surface area contributed by atoms with Gasteiger partial charge in [0.15, 0.2) is 0 Å². The second-order valence-electron chi connectivity index (χ2n) is 4.27. The summed E-state index contributed by atoms with van der Waals surface area (Å²) in [5.74, 6) is 0.570. The molecule has 0 aliphatic carbocycles. The molecule has 2 aromatic carbocycles. The van der Waals surface area contributed by atoms with Crippen LogP contribution < -0.4 is 10.1 Å². The summed E-state index contributed by atoms with van der Waals surface area (Å²) in [7, 11) is 0. The van der Waals surface area contributed by atoms with Gasteiger partial charge < -0.3 is 9.47 Å². The van der Waals surface area contributed by atoms with Crippen molar-refractivity contribution in [3.63, 3.8) is 0 Å². The highest BCUT2D eigenvalue weighted by atomic mass is 35.5. The van der Waals surface area contributed by atoms with Crippen molar-refractivity contribution in [1.29, 1.82) is 0 Å². The first-order valence-electron chi connectivity index (χ1n) is 6.64. The quantitative estimate of drug-likeness (QED) is 0.613. The maximum atomic E-state index is 11.7. The van der Waals surface area contributed by atoms with Crippen LogP contribution in [0.25, 0.3) is 0 Å². The predicted octanol–water partition coefficient (Wildman–Crippen LogP) is 4.69. The molecule has 0 saturated carbocycles. The van der Waals surface area contributed by atoms with Gasteiger partial charge in [-0.15, -0.1) is 11.8 Å². The molecule has 0 bridgehead atoms. The largest absolute Gasteiger partial charge is 0.488 e. The number of thioether (sulfide) groups is 1. The lowest BCUT2D eigenvalue weighted by Gasteiger charge is -2.09. The van der Waals surface area contributed by atoms with E-state index < -0.39 is 6.09 Å². The molecule has 0 atom stereocenters. The van der Waals surface area contributed by atoms with E-state index in [0.717, 1.165) is 4.90 Å². The van der Waals surface area contributed by atoms with Crippen LogP contribution in [0.4, 0.5) is 10.5 Å². The molecule has 0 radical (unpaired) electrons. The molecule has 0 aromatic heterocycles. The van der Waals surface area contributed by atoms with Gasteiger partial charge in [0.05, 0.1) is 5.02 Å². The minimum atomic E-state index is -0.513. The molecule has 0 aliphatic heterocycles. The van der Waals surface area contributed by atoms with E-state index in [2.05, 4.69) is 5.32 Å². The first-order valence-corrected chi connectivity index (χ1v) is 8.24. The van der Waals surface area contributed by atoms with Crippen LogP contribution in [-0.4, -0.2) is 25.6 Å². The number of hydrogen-bond acceptors (Lipinski definition) is 4. The molecule has 22 heavy (non-hydrogen) atoms. The van der Waals surface area contributed by atoms with Crippen LogP contribution in [0.3, 0.4) is 0 Å². The lowest BCUT2D eigenvalue weighted by Crippen LogP contribution is -2.17. The number of amides is 1. The maximum absolute atomic E-state index is 11.7. The number of benzene rings is 2. The Hall–Kier alpha value is -1.85. The minimum Gasteiger partial charge on any atom is -0.488 e. The summed E-state index contributed by atoms with van der Waals surface area (Å²) in [6.45, 7) is 0.376. The van der Waals surface area contributed by atoms with Crippen molar-refractivity contribution in [1.82, 2.24) is 0 Å². The molecule has 0 unspecified atom stereocenters. The van der Waals surface area contributed by atoms with Gasteiger partial charge in [-0.1, -0.05) is 29.8 Å². The normalized spacial score (nSPS) is 10.1. The molecular weight excluding hydrogens is 322 g/mol. The third-order valence-electron chi connectivity index (χ3n) is 2.73. The number of nitrogens with one attached hydrogen (secondary N) is 1. The van der Waals surface area contributed by atoms with Crippen LogP contribution in [0.1, 0.15) is 0 Å². The van der Waals surface area contributed by atoms with E-state index in [9.17, 15) is 4.79 Å². The van der Waals surface area contributed by atoms with Gasteiger partial charge in [-0.25, -0.2) is 4.79 Å². The van der Waals surface area contributed by atoms with E-state index in [-0.39, 0.29) is 13.2 Å². The first kappa shape index (κ1) is 16.5. The van der Waals surface area contributed by atoms with Crippen LogP contribution in [0.2, 0.25) is 5.02 Å². The summed E-state index contributed by atoms with van der Waals surface area (Å²) in [6, 6.07) is 14.7. The van der Waals surface area contributed by atoms with Gasteiger partial charge >= 0.3 is 6.09 Å². The number of hydrogen-bond donors (Lipinski definition) is 1. The van der Waals surface area contributed by atoms with Gasteiger partial charge in [-0.2, -0.15) is 0 Å². The van der Waals surface area contributed by atoms with Gasteiger partial charge in [-0.3, -0.25) is 5.32 Å². The third kappa shape index (κ3) is 5.16. The average Bonchev–Trinajstić information content (AvgIpc) is 2.53. The van der Waals surface area contributed by atoms with E-state index in [1.807, 2.05) is 36.6 Å². The van der Waals surface area contributed by atoms with E-state index in [1.165, 1.54) is 0 Å². The molecule has 0 heterocycles. The smallest absolute Gasteiger partial charge is 0.411 e. The van der Waals surface area contributed by atoms with Crippen LogP contribution in [0, 0.1) is 0 Å². The second kappa shape index (κ2) is 8.56. The molecule has 2 aromatic rings. The van der Waals surface area contributed by atoms with Gasteiger partial charge in [0, 0.05) is 10.6 Å². The van der Waals surface area contributed by atoms with Crippen LogP contribution in [0.5, 0.6) is 5.75 Å². The summed E-state index contributed by atoms with van der Waals surface area (Å²) >= 11 is 7.56. The molecule has 6 heteroatoms. The molecule has 0 spiro atoms. The summed E-state index contributed by atoms with van der Waals surface area (Å²) in [6.07, 6.45) is 1.46. The Bertz CT molecular complexity index is 636. The molecule has 0 fully saturated rings. The van der Waals surface area contributed by atoms with Gasteiger partial charge in [0.25, 0.3) is 0 Å². The molecule has 4 nitrogen and oxygen atoms in total. The molecule has 2 rings (SSSR count). The molecular formula is C16H16ClNO3S. The zero-order valence-corrected chi connectivity index (χ0v) is 13.6. The van der Waals surface area contributed by atoms with E-state index in [1.54, 1.807) is 30.0 Å². The number of para-hydroxylation sites is 1. The number of halogens is 1. The number of carbonyl (C=O) groups excluding carboxylic acids is 1. The second-order valence-corrected chi connectivity index (χ2v) is 5.56. The lowest BCUT2D eigenvalue weighted by atomic mass is 10.3. The fourth-order valence-electron chi connectivity index (χ4n) is 1.70. The fourth-order valence-corrected chi connectivity index (χ4v) is 2.35. The summed E-state index contributed by atoms with van der Waals surface area (Å²) in [5, 5.41) is 3.20. The summed E-state index contributed by atoms with van der Waals surface area (Å²) < 4.78 is 10.5. The number of carbonyl (C=O) groups is 1. The Balaban J connectivity index is 1.73. The molecule has 0 saturated heterocycles. The maximum Gasteiger partial charge on any atom is 0.411 e. The Morgan fingerprint density at radius 1 is 1.18 bits per heavy atom. The van der Waals surface area contributed by atoms with Gasteiger partial charge in [0.2, 0.25) is 0 Å². The van der Waals surface area contributed by atoms with Crippen molar-refractivity contribution in [3.8, 4) is 5.75 Å². The topological polar surface area (TPSA) is 47.6 Å². The van der Waals surface area contributed by atoms with Crippen molar-refractivity contribution in [2.24, 2.45) is 0 Å². The first-order chi connectivity index (χ1) is 10.7. The predicted molar refractivity (Wildman–Crippen MR) is 90.1 cm³/mol. The highest BCUT2D eigenvalue weighted by molar-refractivity contribution is 7.98. The Morgan fingerprint density at radius 2 is 2.00 bits per heavy atom. The molecule has 116 valence electrons. The molecule has 1 N–H and O–H groups in total. The fraction of sp³-hybridized carbons (Fsp3) is 0.188. The molecule has 1 amide bonds. The van der Waals surface area contributed by atoms with Gasteiger partial charge in [0.1, 0.15) is 19.0 Å². The Kier molecular flexibility index (Phi) is 6.43. The number of ether oxygens (including phenoxy) is 2. The van der Waals surface area contributed by atoms with E-state index in [4.69, 9.17) is 21.1 Å². The number of rotatable bonds is 6. The third-order valence-corrected chi connectivity index (χ3v) is 3.76. The Labute approximate surface area is 138 Å². The highest BCUT2D eigenvalue weighted by Crippen LogP contribution is 2.23. The van der Waals surface area contributed by atoms with Crippen LogP contribution >= 0.6 is 23.4 Å². The van der Waals surface area contributed by atoms with Crippen molar-refractivity contribution >= 4 is 35.1 Å². The summed E-state index contributed by atoms with van der Waals surface area (Å²) in [4.78, 5) is 12.7. The highest BCUT2D eigenvalue weighted by Gasteiger charge is 2.04.